The van der Waals surface area contributed by atoms with E-state index in [1.165, 1.54) is 0 Å². The number of hydrogen-bond acceptors (Lipinski definition) is 7. The summed E-state index contributed by atoms with van der Waals surface area (Å²) in [6.07, 6.45) is 1.31. The third-order valence-corrected chi connectivity index (χ3v) is 5.01. The van der Waals surface area contributed by atoms with Gasteiger partial charge in [-0.05, 0) is 24.5 Å². The number of piperidine rings is 1. The predicted molar refractivity (Wildman–Crippen MR) is 85.0 cm³/mol. The van der Waals surface area contributed by atoms with Crippen molar-refractivity contribution in [1.82, 2.24) is 9.88 Å². The number of aliphatic hydroxyl groups is 4. The first-order valence-corrected chi connectivity index (χ1v) is 8.14. The average molecular weight is 323 g/mol. The zero-order chi connectivity index (χ0) is 16.4. The van der Waals surface area contributed by atoms with Crippen LogP contribution in [0.4, 0.5) is 5.69 Å². The maximum Gasteiger partial charge on any atom is 0.109 e. The summed E-state index contributed by atoms with van der Waals surface area (Å²) >= 11 is 0. The van der Waals surface area contributed by atoms with E-state index in [1.54, 1.807) is 6.20 Å². The molecule has 128 valence electrons. The Bertz CT molecular complexity index is 503. The maximum absolute atomic E-state index is 10.1. The van der Waals surface area contributed by atoms with Gasteiger partial charge in [-0.1, -0.05) is 0 Å². The van der Waals surface area contributed by atoms with Crippen LogP contribution < -0.4 is 4.90 Å². The van der Waals surface area contributed by atoms with Gasteiger partial charge in [-0.25, -0.2) is 0 Å². The van der Waals surface area contributed by atoms with Gasteiger partial charge in [0.05, 0.1) is 30.6 Å². The van der Waals surface area contributed by atoms with E-state index in [1.807, 2.05) is 23.2 Å². The molecule has 0 radical (unpaired) electrons. The first kappa shape index (κ1) is 16.6. The summed E-state index contributed by atoms with van der Waals surface area (Å²) in [5.41, 5.74) is 1.10. The van der Waals surface area contributed by atoms with Crippen molar-refractivity contribution >= 4 is 5.69 Å². The molecule has 0 amide bonds. The molecule has 1 aromatic rings. The molecule has 2 aliphatic rings. The lowest BCUT2D eigenvalue weighted by Gasteiger charge is -2.44. The third-order valence-electron chi connectivity index (χ3n) is 5.01. The van der Waals surface area contributed by atoms with Crippen LogP contribution >= 0.6 is 0 Å². The lowest BCUT2D eigenvalue weighted by molar-refractivity contribution is -0.146. The molecule has 4 N–H and O–H groups in total. The van der Waals surface area contributed by atoms with Crippen LogP contribution in [0.2, 0.25) is 0 Å². The Hall–Kier alpha value is -1.25. The molecular weight excluding hydrogens is 298 g/mol. The highest BCUT2D eigenvalue weighted by Crippen LogP contribution is 2.26. The van der Waals surface area contributed by atoms with Crippen LogP contribution in [0.1, 0.15) is 6.42 Å². The first-order chi connectivity index (χ1) is 11.1. The molecule has 2 aliphatic heterocycles. The number of aliphatic hydroxyl groups excluding tert-OH is 4. The predicted octanol–water partition coefficient (Wildman–Crippen LogP) is -1.33. The summed E-state index contributed by atoms with van der Waals surface area (Å²) in [7, 11) is 0. The molecule has 2 fully saturated rings. The van der Waals surface area contributed by atoms with Gasteiger partial charge in [0.2, 0.25) is 0 Å². The first-order valence-electron chi connectivity index (χ1n) is 8.14. The topological polar surface area (TPSA) is 100 Å². The lowest BCUT2D eigenvalue weighted by atomic mass is 9.93. The number of β-amino-alcohol motifs (C(OH)–C–C–N with tert-alkyl or cyclic N) is 1. The minimum Gasteiger partial charge on any atom is -0.395 e. The van der Waals surface area contributed by atoms with E-state index in [0.29, 0.717) is 12.5 Å². The van der Waals surface area contributed by atoms with Crippen LogP contribution in [0, 0.1) is 5.92 Å². The molecule has 0 aromatic carbocycles. The average Bonchev–Trinajstić information content (AvgIpc) is 3.02. The van der Waals surface area contributed by atoms with Crippen LogP contribution in [-0.2, 0) is 0 Å². The molecule has 3 heterocycles. The summed E-state index contributed by atoms with van der Waals surface area (Å²) in [6, 6.07) is 3.43. The highest BCUT2D eigenvalue weighted by atomic mass is 16.4. The van der Waals surface area contributed by atoms with Crippen molar-refractivity contribution < 1.29 is 20.4 Å². The fourth-order valence-corrected chi connectivity index (χ4v) is 3.68. The van der Waals surface area contributed by atoms with Gasteiger partial charge in [-0.3, -0.25) is 9.88 Å². The van der Waals surface area contributed by atoms with Gasteiger partial charge < -0.3 is 25.3 Å². The molecule has 1 aromatic heterocycles. The molecule has 2 saturated heterocycles. The fraction of sp³-hybridized carbons (Fsp3) is 0.688. The van der Waals surface area contributed by atoms with Gasteiger partial charge in [0, 0.05) is 32.4 Å². The summed E-state index contributed by atoms with van der Waals surface area (Å²) in [4.78, 5) is 8.32. The van der Waals surface area contributed by atoms with Gasteiger partial charge in [-0.2, -0.15) is 0 Å². The second-order valence-electron chi connectivity index (χ2n) is 6.56. The number of pyridine rings is 1. The lowest BCUT2D eigenvalue weighted by Crippen LogP contribution is -2.63. The number of aromatic nitrogens is 1. The fourth-order valence-electron chi connectivity index (χ4n) is 3.68. The smallest absolute Gasteiger partial charge is 0.109 e. The molecule has 0 aliphatic carbocycles. The van der Waals surface area contributed by atoms with Crippen molar-refractivity contribution in [3.8, 4) is 0 Å². The largest absolute Gasteiger partial charge is 0.395 e. The second kappa shape index (κ2) is 7.11. The molecule has 0 bridgehead atoms. The maximum atomic E-state index is 10.1. The number of likely N-dealkylation sites (tertiary alicyclic amines) is 1. The number of hydrogen-bond donors (Lipinski definition) is 4. The Morgan fingerprint density at radius 1 is 1.17 bits per heavy atom. The Labute approximate surface area is 135 Å². The van der Waals surface area contributed by atoms with E-state index in [9.17, 15) is 20.4 Å². The Kier molecular flexibility index (Phi) is 5.13. The van der Waals surface area contributed by atoms with Gasteiger partial charge in [0.1, 0.15) is 12.2 Å². The van der Waals surface area contributed by atoms with E-state index in [4.69, 9.17) is 0 Å². The summed E-state index contributed by atoms with van der Waals surface area (Å²) in [5.74, 6) is 0.388. The van der Waals surface area contributed by atoms with Crippen molar-refractivity contribution in [2.45, 2.75) is 30.8 Å². The summed E-state index contributed by atoms with van der Waals surface area (Å²) < 4.78 is 0. The molecule has 0 unspecified atom stereocenters. The van der Waals surface area contributed by atoms with Gasteiger partial charge >= 0.3 is 0 Å². The van der Waals surface area contributed by atoms with Crippen LogP contribution in [0.3, 0.4) is 0 Å². The van der Waals surface area contributed by atoms with E-state index < -0.39 is 24.4 Å². The SMILES string of the molecule is OC[C@@H]1[C@@H](O)[C@H](O)[C@@H](O)CN1C[C@H]1CCN(c2cccnc2)C1. The summed E-state index contributed by atoms with van der Waals surface area (Å²) in [6.45, 7) is 2.55. The Balaban J connectivity index is 1.61. The number of anilines is 1. The van der Waals surface area contributed by atoms with Gasteiger partial charge in [0.25, 0.3) is 0 Å². The van der Waals surface area contributed by atoms with Crippen molar-refractivity contribution in [2.24, 2.45) is 5.92 Å². The van der Waals surface area contributed by atoms with Gasteiger partial charge in [0.15, 0.2) is 0 Å². The number of rotatable bonds is 4. The van der Waals surface area contributed by atoms with Crippen LogP contribution in [-0.4, -0.2) is 87.4 Å². The quantitative estimate of drug-likeness (QED) is 0.544. The standard InChI is InChI=1S/C16H25N3O4/c20-10-13-15(22)16(23)14(21)9-19(13)8-11-3-5-18(7-11)12-2-1-4-17-6-12/h1-2,4,6,11,13-16,20-23H,3,5,7-10H2/t11-,13+,14-,15+,16+/m0/s1. The molecule has 0 spiro atoms. The zero-order valence-corrected chi connectivity index (χ0v) is 13.1. The molecule has 7 nitrogen and oxygen atoms in total. The van der Waals surface area contributed by atoms with Crippen LogP contribution in [0.5, 0.6) is 0 Å². The zero-order valence-electron chi connectivity index (χ0n) is 13.1. The number of nitrogens with zero attached hydrogens (tertiary/aromatic N) is 3. The monoisotopic (exact) mass is 323 g/mol. The van der Waals surface area contributed by atoms with E-state index in [-0.39, 0.29) is 13.2 Å². The Morgan fingerprint density at radius 3 is 2.70 bits per heavy atom. The Morgan fingerprint density at radius 2 is 2.00 bits per heavy atom. The molecule has 0 saturated carbocycles. The highest BCUT2D eigenvalue weighted by Gasteiger charge is 2.42. The minimum atomic E-state index is -1.20. The van der Waals surface area contributed by atoms with E-state index in [2.05, 4.69) is 9.88 Å². The van der Waals surface area contributed by atoms with Gasteiger partial charge in [-0.15, -0.1) is 0 Å². The summed E-state index contributed by atoms with van der Waals surface area (Å²) in [5, 5.41) is 39.2. The van der Waals surface area contributed by atoms with Crippen molar-refractivity contribution in [1.29, 1.82) is 0 Å². The molecule has 7 heteroatoms. The third kappa shape index (κ3) is 3.49. The highest BCUT2D eigenvalue weighted by molar-refractivity contribution is 5.44. The van der Waals surface area contributed by atoms with Crippen molar-refractivity contribution in [2.75, 3.05) is 37.7 Å². The molecule has 5 atom stereocenters. The molecule has 23 heavy (non-hydrogen) atoms. The normalized spacial score (nSPS) is 35.7. The van der Waals surface area contributed by atoms with Crippen molar-refractivity contribution in [3.63, 3.8) is 0 Å². The van der Waals surface area contributed by atoms with E-state index >= 15 is 0 Å². The van der Waals surface area contributed by atoms with Crippen LogP contribution in [0.25, 0.3) is 0 Å². The van der Waals surface area contributed by atoms with Crippen LogP contribution in [0.15, 0.2) is 24.5 Å². The van der Waals surface area contributed by atoms with Crippen molar-refractivity contribution in [3.05, 3.63) is 24.5 Å². The second-order valence-corrected chi connectivity index (χ2v) is 6.56. The molecule has 3 rings (SSSR count). The van der Waals surface area contributed by atoms with E-state index in [0.717, 1.165) is 25.2 Å². The minimum absolute atomic E-state index is 0.232. The molecular formula is C16H25N3O4.